The minimum absolute atomic E-state index is 0.523. The molecular formula is C24H28N2O4S. The molecule has 1 N–H and O–H groups in total. The normalized spacial score (nSPS) is 15.8. The van der Waals surface area contributed by atoms with Gasteiger partial charge in [0.15, 0.2) is 0 Å². The number of nitrogens with zero attached hydrogens (tertiary/aromatic N) is 2. The van der Waals surface area contributed by atoms with Gasteiger partial charge in [-0.15, -0.1) is 11.3 Å². The summed E-state index contributed by atoms with van der Waals surface area (Å²) in [6, 6.07) is 10.0. The molecule has 0 spiro atoms. The second-order valence-corrected chi connectivity index (χ2v) is 9.95. The zero-order chi connectivity index (χ0) is 22.4. The molecule has 7 heteroatoms. The molecule has 1 atom stereocenters. The van der Waals surface area contributed by atoms with Crippen LogP contribution in [0.1, 0.15) is 45.4 Å². The van der Waals surface area contributed by atoms with Gasteiger partial charge >= 0.3 is 5.97 Å². The smallest absolute Gasteiger partial charge is 0.342 e. The van der Waals surface area contributed by atoms with Gasteiger partial charge in [0.1, 0.15) is 11.4 Å². The molecule has 31 heavy (non-hydrogen) atoms. The van der Waals surface area contributed by atoms with Crippen molar-refractivity contribution in [2.45, 2.75) is 51.7 Å². The van der Waals surface area contributed by atoms with Crippen LogP contribution in [-0.2, 0) is 28.6 Å². The maximum absolute atomic E-state index is 12.6. The van der Waals surface area contributed by atoms with Crippen LogP contribution in [-0.4, -0.2) is 33.1 Å². The summed E-state index contributed by atoms with van der Waals surface area (Å²) in [5, 5.41) is 17.1. The SMILES string of the molecule is Cn1nc(-c2cccs2)c(-c2ccc3c(c2)CCCO3)c1C(C)(OC(C)(C)C)C(=O)O. The number of fused-ring (bicyclic) bond motifs is 1. The summed E-state index contributed by atoms with van der Waals surface area (Å²) < 4.78 is 13.6. The van der Waals surface area contributed by atoms with Crippen molar-refractivity contribution in [3.05, 3.63) is 47.0 Å². The Morgan fingerprint density at radius 1 is 1.26 bits per heavy atom. The van der Waals surface area contributed by atoms with Crippen molar-refractivity contribution in [3.63, 3.8) is 0 Å². The Bertz CT molecular complexity index is 1110. The highest BCUT2D eigenvalue weighted by Gasteiger charge is 2.45. The number of ether oxygens (including phenoxy) is 2. The lowest BCUT2D eigenvalue weighted by molar-refractivity contribution is -0.184. The number of carboxylic acids is 1. The van der Waals surface area contributed by atoms with E-state index in [2.05, 4.69) is 6.07 Å². The molecule has 0 saturated carbocycles. The van der Waals surface area contributed by atoms with E-state index in [4.69, 9.17) is 14.6 Å². The molecule has 0 aliphatic carbocycles. The molecule has 1 aliphatic heterocycles. The second-order valence-electron chi connectivity index (χ2n) is 9.00. The van der Waals surface area contributed by atoms with E-state index in [0.29, 0.717) is 5.69 Å². The van der Waals surface area contributed by atoms with Crippen LogP contribution in [0.5, 0.6) is 5.75 Å². The Morgan fingerprint density at radius 3 is 2.68 bits per heavy atom. The molecule has 6 nitrogen and oxygen atoms in total. The van der Waals surface area contributed by atoms with E-state index in [1.807, 2.05) is 50.4 Å². The van der Waals surface area contributed by atoms with Crippen molar-refractivity contribution in [2.75, 3.05) is 6.61 Å². The quantitative estimate of drug-likeness (QED) is 0.586. The van der Waals surface area contributed by atoms with E-state index < -0.39 is 17.2 Å². The number of benzene rings is 1. The third-order valence-corrected chi connectivity index (χ3v) is 6.25. The Labute approximate surface area is 186 Å². The minimum Gasteiger partial charge on any atom is -0.493 e. The number of hydrogen-bond acceptors (Lipinski definition) is 5. The molecule has 3 aromatic rings. The largest absolute Gasteiger partial charge is 0.493 e. The third-order valence-electron chi connectivity index (χ3n) is 5.37. The first-order chi connectivity index (χ1) is 14.6. The molecule has 0 fully saturated rings. The topological polar surface area (TPSA) is 73.6 Å². The lowest BCUT2D eigenvalue weighted by atomic mass is 9.90. The standard InChI is InChI=1S/C24H28N2O4S/c1-23(2,3)30-24(4,22(27)28)21-19(20(25-26(21)5)18-9-7-13-31-18)16-10-11-17-15(14-16)8-6-12-29-17/h7,9-11,13-14H,6,8,12H2,1-5H3,(H,27,28). The number of hydrogen-bond donors (Lipinski definition) is 1. The molecule has 3 heterocycles. The first kappa shape index (κ1) is 21.6. The van der Waals surface area contributed by atoms with E-state index in [-0.39, 0.29) is 0 Å². The number of aliphatic carboxylic acids is 1. The number of carboxylic acid groups (broad SMARTS) is 1. The average molecular weight is 441 g/mol. The van der Waals surface area contributed by atoms with Crippen molar-refractivity contribution in [1.82, 2.24) is 9.78 Å². The molecule has 0 radical (unpaired) electrons. The summed E-state index contributed by atoms with van der Waals surface area (Å²) in [6.45, 7) is 7.92. The highest BCUT2D eigenvalue weighted by Crippen LogP contribution is 2.44. The van der Waals surface area contributed by atoms with Crippen molar-refractivity contribution in [1.29, 1.82) is 0 Å². The molecule has 4 rings (SSSR count). The molecular weight excluding hydrogens is 412 g/mol. The Hall–Kier alpha value is -2.64. The molecule has 0 saturated heterocycles. The maximum Gasteiger partial charge on any atom is 0.342 e. The van der Waals surface area contributed by atoms with Crippen LogP contribution < -0.4 is 4.74 Å². The fourth-order valence-electron chi connectivity index (χ4n) is 4.25. The zero-order valence-electron chi connectivity index (χ0n) is 18.6. The minimum atomic E-state index is -1.59. The summed E-state index contributed by atoms with van der Waals surface area (Å²) in [7, 11) is 1.78. The highest BCUT2D eigenvalue weighted by atomic mass is 32.1. The van der Waals surface area contributed by atoms with Gasteiger partial charge in [0.25, 0.3) is 0 Å². The highest BCUT2D eigenvalue weighted by molar-refractivity contribution is 7.13. The number of rotatable bonds is 5. The van der Waals surface area contributed by atoms with Crippen LogP contribution in [0.15, 0.2) is 35.7 Å². The van der Waals surface area contributed by atoms with Crippen LogP contribution in [0, 0.1) is 0 Å². The van der Waals surface area contributed by atoms with E-state index >= 15 is 0 Å². The van der Waals surface area contributed by atoms with Gasteiger partial charge in [-0.1, -0.05) is 12.1 Å². The molecule has 1 unspecified atom stereocenters. The molecule has 2 aromatic heterocycles. The monoisotopic (exact) mass is 440 g/mol. The number of carbonyl (C=O) groups is 1. The van der Waals surface area contributed by atoms with Gasteiger partial charge in [0.05, 0.1) is 22.8 Å². The van der Waals surface area contributed by atoms with Crippen molar-refractivity contribution in [3.8, 4) is 27.4 Å². The van der Waals surface area contributed by atoms with Crippen LogP contribution in [0.3, 0.4) is 0 Å². The van der Waals surface area contributed by atoms with Crippen molar-refractivity contribution >= 4 is 17.3 Å². The summed E-state index contributed by atoms with van der Waals surface area (Å²) in [4.78, 5) is 13.6. The first-order valence-electron chi connectivity index (χ1n) is 10.4. The lowest BCUT2D eigenvalue weighted by Gasteiger charge is -2.34. The fraction of sp³-hybridized carbons (Fsp3) is 0.417. The van der Waals surface area contributed by atoms with Crippen LogP contribution in [0.25, 0.3) is 21.7 Å². The summed E-state index contributed by atoms with van der Waals surface area (Å²) >= 11 is 1.58. The summed E-state index contributed by atoms with van der Waals surface area (Å²) in [5.74, 6) is -0.157. The Kier molecular flexibility index (Phi) is 5.43. The molecule has 164 valence electrons. The van der Waals surface area contributed by atoms with E-state index in [1.165, 1.54) is 0 Å². The van der Waals surface area contributed by atoms with Gasteiger partial charge in [-0.25, -0.2) is 4.79 Å². The Morgan fingerprint density at radius 2 is 2.03 bits per heavy atom. The summed E-state index contributed by atoms with van der Waals surface area (Å²) in [6.07, 6.45) is 1.90. The van der Waals surface area contributed by atoms with Crippen LogP contribution >= 0.6 is 11.3 Å². The lowest BCUT2D eigenvalue weighted by Crippen LogP contribution is -2.43. The number of thiophene rings is 1. The molecule has 1 aromatic carbocycles. The fourth-order valence-corrected chi connectivity index (χ4v) is 4.97. The number of aromatic nitrogens is 2. The van der Waals surface area contributed by atoms with Gasteiger partial charge in [-0.05, 0) is 75.2 Å². The van der Waals surface area contributed by atoms with Crippen molar-refractivity contribution in [2.24, 2.45) is 7.05 Å². The van der Waals surface area contributed by atoms with Gasteiger partial charge in [-0.2, -0.15) is 5.10 Å². The maximum atomic E-state index is 12.6. The van der Waals surface area contributed by atoms with Crippen molar-refractivity contribution < 1.29 is 19.4 Å². The van der Waals surface area contributed by atoms with Gasteiger partial charge in [0.2, 0.25) is 5.60 Å². The van der Waals surface area contributed by atoms with E-state index in [0.717, 1.165) is 52.5 Å². The van der Waals surface area contributed by atoms with Crippen LogP contribution in [0.2, 0.25) is 0 Å². The summed E-state index contributed by atoms with van der Waals surface area (Å²) in [5.41, 5.74) is 1.86. The Balaban J connectivity index is 2.00. The number of aryl methyl sites for hydroxylation is 2. The van der Waals surface area contributed by atoms with Gasteiger partial charge in [0, 0.05) is 12.6 Å². The zero-order valence-corrected chi connectivity index (χ0v) is 19.4. The predicted octanol–water partition coefficient (Wildman–Crippen LogP) is 5.26. The van der Waals surface area contributed by atoms with E-state index in [9.17, 15) is 9.90 Å². The third kappa shape index (κ3) is 4.00. The van der Waals surface area contributed by atoms with Gasteiger partial charge in [-0.3, -0.25) is 4.68 Å². The predicted molar refractivity (Wildman–Crippen MR) is 122 cm³/mol. The molecule has 0 amide bonds. The van der Waals surface area contributed by atoms with Crippen LogP contribution in [0.4, 0.5) is 0 Å². The average Bonchev–Trinajstić information content (AvgIpc) is 3.33. The van der Waals surface area contributed by atoms with E-state index in [1.54, 1.807) is 30.0 Å². The molecule has 0 bridgehead atoms. The first-order valence-corrected chi connectivity index (χ1v) is 11.3. The second kappa shape index (κ2) is 7.80. The van der Waals surface area contributed by atoms with Gasteiger partial charge < -0.3 is 14.6 Å². The molecule has 1 aliphatic rings.